The fourth-order valence-electron chi connectivity index (χ4n) is 2.47. The van der Waals surface area contributed by atoms with Gasteiger partial charge in [0.05, 0.1) is 30.0 Å². The van der Waals surface area contributed by atoms with E-state index in [0.29, 0.717) is 38.9 Å². The van der Waals surface area contributed by atoms with Crippen molar-refractivity contribution in [1.29, 1.82) is 0 Å². The maximum absolute atomic E-state index is 12.0. The molecule has 2 aromatic heterocycles. The molecule has 3 rings (SSSR count). The number of fused-ring (bicyclic) bond motifs is 1. The van der Waals surface area contributed by atoms with Crippen molar-refractivity contribution >= 4 is 39.9 Å². The minimum absolute atomic E-state index is 0.118. The Morgan fingerprint density at radius 1 is 1.08 bits per heavy atom. The predicted molar refractivity (Wildman–Crippen MR) is 94.5 cm³/mol. The molecule has 0 aliphatic carbocycles. The maximum atomic E-state index is 12.0. The summed E-state index contributed by atoms with van der Waals surface area (Å²) in [6, 6.07) is 5.31. The first-order valence-electron chi connectivity index (χ1n) is 7.24. The van der Waals surface area contributed by atoms with E-state index in [1.54, 1.807) is 19.2 Å². The van der Waals surface area contributed by atoms with E-state index in [4.69, 9.17) is 32.7 Å². The number of pyridine rings is 1. The van der Waals surface area contributed by atoms with Crippen molar-refractivity contribution in [3.8, 4) is 5.75 Å². The number of rotatable bonds is 4. The number of methoxy groups -OCH3 is 2. The number of nitrogens with zero attached hydrogens (tertiary/aromatic N) is 3. The molecule has 0 unspecified atom stereocenters. The Hall–Kier alpha value is -2.44. The zero-order valence-electron chi connectivity index (χ0n) is 13.4. The summed E-state index contributed by atoms with van der Waals surface area (Å²) in [6.45, 7) is 0. The van der Waals surface area contributed by atoms with Gasteiger partial charge < -0.3 is 9.47 Å². The molecule has 0 aliphatic heterocycles. The molecule has 0 N–H and O–H groups in total. The molecule has 0 saturated carbocycles. The van der Waals surface area contributed by atoms with Crippen molar-refractivity contribution in [3.63, 3.8) is 0 Å². The van der Waals surface area contributed by atoms with Crippen LogP contribution in [0, 0.1) is 0 Å². The van der Waals surface area contributed by atoms with Crippen LogP contribution in [0.3, 0.4) is 0 Å². The van der Waals surface area contributed by atoms with Gasteiger partial charge >= 0.3 is 5.97 Å². The van der Waals surface area contributed by atoms with Gasteiger partial charge in [0.15, 0.2) is 5.69 Å². The molecule has 0 radical (unpaired) electrons. The molecule has 0 spiro atoms. The first-order chi connectivity index (χ1) is 12.0. The molecule has 1 aromatic carbocycles. The molecule has 0 amide bonds. The summed E-state index contributed by atoms with van der Waals surface area (Å²) >= 11 is 12.4. The number of esters is 1. The van der Waals surface area contributed by atoms with Gasteiger partial charge in [-0.05, 0) is 23.8 Å². The number of halogens is 2. The highest BCUT2D eigenvalue weighted by Crippen LogP contribution is 2.30. The van der Waals surface area contributed by atoms with E-state index in [2.05, 4.69) is 15.2 Å². The lowest BCUT2D eigenvalue weighted by molar-refractivity contribution is 0.0595. The van der Waals surface area contributed by atoms with Crippen molar-refractivity contribution in [2.45, 2.75) is 6.42 Å². The zero-order valence-corrected chi connectivity index (χ0v) is 14.9. The van der Waals surface area contributed by atoms with E-state index in [9.17, 15) is 4.79 Å². The number of carbonyl (C=O) groups excluding carboxylic acids is 1. The summed E-state index contributed by atoms with van der Waals surface area (Å²) in [6.07, 6.45) is 3.38. The van der Waals surface area contributed by atoms with Crippen LogP contribution in [-0.4, -0.2) is 35.4 Å². The Morgan fingerprint density at radius 3 is 2.44 bits per heavy atom. The lowest BCUT2D eigenvalue weighted by Gasteiger charge is -2.11. The third kappa shape index (κ3) is 3.36. The summed E-state index contributed by atoms with van der Waals surface area (Å²) in [7, 11) is 2.84. The van der Waals surface area contributed by atoms with Gasteiger partial charge in [0.2, 0.25) is 0 Å². The summed E-state index contributed by atoms with van der Waals surface area (Å²) in [4.78, 5) is 15.9. The third-order valence-corrected chi connectivity index (χ3v) is 4.39. The van der Waals surface area contributed by atoms with E-state index in [1.165, 1.54) is 19.5 Å². The van der Waals surface area contributed by atoms with Crippen molar-refractivity contribution in [2.75, 3.05) is 14.2 Å². The minimum atomic E-state index is -0.572. The second-order valence-corrected chi connectivity index (χ2v) is 5.97. The molecule has 128 valence electrons. The molecule has 0 fully saturated rings. The van der Waals surface area contributed by atoms with E-state index >= 15 is 0 Å². The van der Waals surface area contributed by atoms with Crippen LogP contribution in [0.25, 0.3) is 10.8 Å². The first-order valence-corrected chi connectivity index (χ1v) is 8.00. The number of ether oxygens (including phenoxy) is 2. The quantitative estimate of drug-likeness (QED) is 0.645. The normalized spacial score (nSPS) is 10.7. The van der Waals surface area contributed by atoms with Gasteiger partial charge in [0.1, 0.15) is 5.75 Å². The van der Waals surface area contributed by atoms with Crippen LogP contribution in [0.5, 0.6) is 5.75 Å². The second kappa shape index (κ2) is 7.21. The topological polar surface area (TPSA) is 74.2 Å². The van der Waals surface area contributed by atoms with Gasteiger partial charge in [-0.3, -0.25) is 4.98 Å². The molecule has 2 heterocycles. The van der Waals surface area contributed by atoms with E-state index < -0.39 is 5.97 Å². The van der Waals surface area contributed by atoms with Crippen LogP contribution in [0.15, 0.2) is 30.6 Å². The fourth-order valence-corrected chi connectivity index (χ4v) is 2.97. The number of hydrogen-bond donors (Lipinski definition) is 0. The number of benzene rings is 1. The Kier molecular flexibility index (Phi) is 5.01. The number of aromatic nitrogens is 3. The van der Waals surface area contributed by atoms with Gasteiger partial charge in [0.25, 0.3) is 0 Å². The summed E-state index contributed by atoms with van der Waals surface area (Å²) < 4.78 is 10.0. The Balaban J connectivity index is 2.18. The zero-order chi connectivity index (χ0) is 18.0. The largest absolute Gasteiger partial charge is 0.497 e. The highest BCUT2D eigenvalue weighted by Gasteiger charge is 2.18. The Morgan fingerprint density at radius 2 is 1.80 bits per heavy atom. The predicted octanol–water partition coefficient (Wildman–Crippen LogP) is 3.72. The van der Waals surface area contributed by atoms with Crippen molar-refractivity contribution < 1.29 is 14.3 Å². The Labute approximate surface area is 153 Å². The van der Waals surface area contributed by atoms with Crippen molar-refractivity contribution in [2.24, 2.45) is 0 Å². The number of carbonyl (C=O) groups is 1. The van der Waals surface area contributed by atoms with Crippen LogP contribution in [0.4, 0.5) is 0 Å². The minimum Gasteiger partial charge on any atom is -0.497 e. The molecular formula is C17H13Cl2N3O3. The average molecular weight is 378 g/mol. The highest BCUT2D eigenvalue weighted by molar-refractivity contribution is 6.35. The molecule has 8 heteroatoms. The fraction of sp³-hybridized carbons (Fsp3) is 0.176. The van der Waals surface area contributed by atoms with Gasteiger partial charge in [0, 0.05) is 29.6 Å². The molecule has 0 bridgehead atoms. The van der Waals surface area contributed by atoms with Crippen LogP contribution in [-0.2, 0) is 11.2 Å². The van der Waals surface area contributed by atoms with Gasteiger partial charge in [-0.2, -0.15) is 5.10 Å². The van der Waals surface area contributed by atoms with Gasteiger partial charge in [-0.15, -0.1) is 5.10 Å². The van der Waals surface area contributed by atoms with E-state index in [-0.39, 0.29) is 5.69 Å². The molecule has 0 saturated heterocycles. The maximum Gasteiger partial charge on any atom is 0.359 e. The monoisotopic (exact) mass is 377 g/mol. The van der Waals surface area contributed by atoms with Gasteiger partial charge in [-0.1, -0.05) is 23.2 Å². The van der Waals surface area contributed by atoms with Crippen LogP contribution in [0.2, 0.25) is 10.0 Å². The van der Waals surface area contributed by atoms with E-state index in [0.717, 1.165) is 5.39 Å². The van der Waals surface area contributed by atoms with Gasteiger partial charge in [-0.25, -0.2) is 4.79 Å². The van der Waals surface area contributed by atoms with Crippen LogP contribution >= 0.6 is 23.2 Å². The lowest BCUT2D eigenvalue weighted by Crippen LogP contribution is -2.09. The molecule has 0 aliphatic rings. The summed E-state index contributed by atoms with van der Waals surface area (Å²) in [5.74, 6) is 0.0221. The van der Waals surface area contributed by atoms with Crippen molar-refractivity contribution in [1.82, 2.24) is 15.2 Å². The highest BCUT2D eigenvalue weighted by atomic mass is 35.5. The molecular weight excluding hydrogens is 365 g/mol. The summed E-state index contributed by atoms with van der Waals surface area (Å²) in [5, 5.41) is 10.4. The first kappa shape index (κ1) is 17.4. The number of hydrogen-bond acceptors (Lipinski definition) is 6. The Bertz CT molecular complexity index is 943. The molecule has 25 heavy (non-hydrogen) atoms. The van der Waals surface area contributed by atoms with Crippen LogP contribution in [0.1, 0.15) is 21.7 Å². The molecule has 0 atom stereocenters. The average Bonchev–Trinajstić information content (AvgIpc) is 2.63. The standard InChI is InChI=1S/C17H13Cl2N3O3/c1-24-9-3-4-10-11(5-9)16(17(23)25-2)22-21-15(10)6-12-13(18)7-20-8-14(12)19/h3-5,7-8H,6H2,1-2H3. The lowest BCUT2D eigenvalue weighted by atomic mass is 10.0. The SMILES string of the molecule is COC(=O)c1nnc(Cc2c(Cl)cncc2Cl)c2ccc(OC)cc12. The smallest absolute Gasteiger partial charge is 0.359 e. The van der Waals surface area contributed by atoms with Crippen LogP contribution < -0.4 is 4.74 Å². The van der Waals surface area contributed by atoms with Crippen molar-refractivity contribution in [3.05, 3.63) is 57.6 Å². The summed E-state index contributed by atoms with van der Waals surface area (Å²) in [5.41, 5.74) is 1.43. The molecule has 6 nitrogen and oxygen atoms in total. The van der Waals surface area contributed by atoms with E-state index in [1.807, 2.05) is 6.07 Å². The molecule has 3 aromatic rings. The third-order valence-electron chi connectivity index (χ3n) is 3.74. The second-order valence-electron chi connectivity index (χ2n) is 5.16.